The summed E-state index contributed by atoms with van der Waals surface area (Å²) < 4.78 is 0. The second-order valence-corrected chi connectivity index (χ2v) is 5.32. The SMILES string of the molecule is O=C(CCBr)NCc1ccc(N2CCCC2=O)cc1. The molecule has 2 rings (SSSR count). The average Bonchev–Trinajstić information content (AvgIpc) is 2.84. The van der Waals surface area contributed by atoms with Gasteiger partial charge in [-0.15, -0.1) is 0 Å². The van der Waals surface area contributed by atoms with Crippen LogP contribution in [0.4, 0.5) is 5.69 Å². The Morgan fingerprint density at radius 2 is 2.05 bits per heavy atom. The number of alkyl halides is 1. The fraction of sp³-hybridized carbons (Fsp3) is 0.429. The van der Waals surface area contributed by atoms with Crippen molar-refractivity contribution < 1.29 is 9.59 Å². The van der Waals surface area contributed by atoms with E-state index >= 15 is 0 Å². The minimum absolute atomic E-state index is 0.0377. The van der Waals surface area contributed by atoms with E-state index in [2.05, 4.69) is 21.2 Å². The Kier molecular flexibility index (Phi) is 4.96. The molecule has 1 aromatic carbocycles. The van der Waals surface area contributed by atoms with Gasteiger partial charge in [0, 0.05) is 36.9 Å². The van der Waals surface area contributed by atoms with Crippen LogP contribution in [0.25, 0.3) is 0 Å². The van der Waals surface area contributed by atoms with Gasteiger partial charge in [-0.05, 0) is 24.1 Å². The first-order chi connectivity index (χ1) is 9.20. The van der Waals surface area contributed by atoms with Crippen LogP contribution in [-0.2, 0) is 16.1 Å². The quantitative estimate of drug-likeness (QED) is 0.844. The van der Waals surface area contributed by atoms with Crippen molar-refractivity contribution in [3.63, 3.8) is 0 Å². The monoisotopic (exact) mass is 324 g/mol. The van der Waals surface area contributed by atoms with E-state index < -0.39 is 0 Å². The van der Waals surface area contributed by atoms with Gasteiger partial charge in [0.15, 0.2) is 0 Å². The molecule has 0 spiro atoms. The average molecular weight is 325 g/mol. The summed E-state index contributed by atoms with van der Waals surface area (Å²) in [6, 6.07) is 7.79. The zero-order chi connectivity index (χ0) is 13.7. The summed E-state index contributed by atoms with van der Waals surface area (Å²) in [6.07, 6.45) is 2.06. The lowest BCUT2D eigenvalue weighted by molar-refractivity contribution is -0.120. The molecule has 1 saturated heterocycles. The molecule has 0 radical (unpaired) electrons. The second kappa shape index (κ2) is 6.70. The number of carbonyl (C=O) groups is 2. The van der Waals surface area contributed by atoms with E-state index in [1.165, 1.54) is 0 Å². The molecule has 1 aliphatic heterocycles. The van der Waals surface area contributed by atoms with Crippen molar-refractivity contribution in [1.82, 2.24) is 5.32 Å². The van der Waals surface area contributed by atoms with E-state index in [1.807, 2.05) is 29.2 Å². The Labute approximate surface area is 121 Å². The van der Waals surface area contributed by atoms with Gasteiger partial charge < -0.3 is 10.2 Å². The van der Waals surface area contributed by atoms with Crippen LogP contribution < -0.4 is 10.2 Å². The van der Waals surface area contributed by atoms with Crippen LogP contribution in [-0.4, -0.2) is 23.7 Å². The molecule has 1 aliphatic rings. The molecule has 5 heteroatoms. The number of amides is 2. The highest BCUT2D eigenvalue weighted by molar-refractivity contribution is 9.09. The van der Waals surface area contributed by atoms with Crippen molar-refractivity contribution in [2.45, 2.75) is 25.8 Å². The zero-order valence-corrected chi connectivity index (χ0v) is 12.3. The third kappa shape index (κ3) is 3.80. The van der Waals surface area contributed by atoms with Crippen LogP contribution in [0, 0.1) is 0 Å². The van der Waals surface area contributed by atoms with Gasteiger partial charge in [0.1, 0.15) is 0 Å². The predicted molar refractivity (Wildman–Crippen MR) is 78.3 cm³/mol. The Morgan fingerprint density at radius 3 is 2.63 bits per heavy atom. The number of nitrogens with one attached hydrogen (secondary N) is 1. The van der Waals surface area contributed by atoms with Gasteiger partial charge >= 0.3 is 0 Å². The molecule has 102 valence electrons. The lowest BCUT2D eigenvalue weighted by atomic mass is 10.2. The van der Waals surface area contributed by atoms with Crippen LogP contribution in [0.2, 0.25) is 0 Å². The van der Waals surface area contributed by atoms with Crippen molar-refractivity contribution in [3.05, 3.63) is 29.8 Å². The Bertz CT molecular complexity index is 459. The van der Waals surface area contributed by atoms with Gasteiger partial charge in [0.05, 0.1) is 0 Å². The van der Waals surface area contributed by atoms with Crippen molar-refractivity contribution in [3.8, 4) is 0 Å². The van der Waals surface area contributed by atoms with E-state index in [0.717, 1.165) is 24.2 Å². The molecule has 4 nitrogen and oxygen atoms in total. The first-order valence-electron chi connectivity index (χ1n) is 6.42. The number of hydrogen-bond acceptors (Lipinski definition) is 2. The Morgan fingerprint density at radius 1 is 1.32 bits per heavy atom. The second-order valence-electron chi connectivity index (χ2n) is 4.53. The molecule has 0 aromatic heterocycles. The molecule has 0 unspecified atom stereocenters. The molecule has 19 heavy (non-hydrogen) atoms. The summed E-state index contributed by atoms with van der Waals surface area (Å²) in [5.41, 5.74) is 1.98. The molecule has 0 aliphatic carbocycles. The van der Waals surface area contributed by atoms with E-state index in [-0.39, 0.29) is 11.8 Å². The number of anilines is 1. The van der Waals surface area contributed by atoms with Crippen molar-refractivity contribution >= 4 is 33.4 Å². The molecule has 0 saturated carbocycles. The number of nitrogens with zero attached hydrogens (tertiary/aromatic N) is 1. The number of rotatable bonds is 5. The lowest BCUT2D eigenvalue weighted by Crippen LogP contribution is -2.24. The minimum atomic E-state index is 0.0377. The molecule has 1 N–H and O–H groups in total. The normalized spacial score (nSPS) is 14.8. The number of hydrogen-bond donors (Lipinski definition) is 1. The smallest absolute Gasteiger partial charge is 0.227 e. The molecule has 1 fully saturated rings. The Balaban J connectivity index is 1.91. The molecular weight excluding hydrogens is 308 g/mol. The number of carbonyl (C=O) groups excluding carboxylic acids is 2. The molecule has 1 heterocycles. The molecular formula is C14H17BrN2O2. The van der Waals surface area contributed by atoms with Crippen molar-refractivity contribution in [2.75, 3.05) is 16.8 Å². The largest absolute Gasteiger partial charge is 0.352 e. The molecule has 0 bridgehead atoms. The predicted octanol–water partition coefficient (Wildman–Crippen LogP) is 2.21. The third-order valence-corrected chi connectivity index (χ3v) is 3.53. The Hall–Kier alpha value is -1.36. The molecule has 1 aromatic rings. The maximum absolute atomic E-state index is 11.6. The van der Waals surface area contributed by atoms with E-state index in [4.69, 9.17) is 0 Å². The van der Waals surface area contributed by atoms with Gasteiger partial charge in [0.2, 0.25) is 11.8 Å². The minimum Gasteiger partial charge on any atom is -0.352 e. The summed E-state index contributed by atoms with van der Waals surface area (Å²) in [5.74, 6) is 0.231. The zero-order valence-electron chi connectivity index (χ0n) is 10.7. The summed E-state index contributed by atoms with van der Waals surface area (Å²) in [7, 11) is 0. The van der Waals surface area contributed by atoms with Gasteiger partial charge in [-0.3, -0.25) is 9.59 Å². The van der Waals surface area contributed by atoms with Gasteiger partial charge in [-0.1, -0.05) is 28.1 Å². The van der Waals surface area contributed by atoms with E-state index in [9.17, 15) is 9.59 Å². The fourth-order valence-corrected chi connectivity index (χ4v) is 2.45. The van der Waals surface area contributed by atoms with Crippen molar-refractivity contribution in [2.24, 2.45) is 0 Å². The summed E-state index contributed by atoms with van der Waals surface area (Å²) >= 11 is 3.23. The van der Waals surface area contributed by atoms with Crippen LogP contribution in [0.15, 0.2) is 24.3 Å². The summed E-state index contributed by atoms with van der Waals surface area (Å²) in [6.45, 7) is 1.33. The maximum atomic E-state index is 11.6. The third-order valence-electron chi connectivity index (χ3n) is 3.13. The van der Waals surface area contributed by atoms with Crippen LogP contribution in [0.5, 0.6) is 0 Å². The molecule has 2 amide bonds. The highest BCUT2D eigenvalue weighted by Gasteiger charge is 2.21. The van der Waals surface area contributed by atoms with Crippen LogP contribution >= 0.6 is 15.9 Å². The first-order valence-corrected chi connectivity index (χ1v) is 7.55. The number of halogens is 1. The number of benzene rings is 1. The molecule has 0 atom stereocenters. The summed E-state index contributed by atoms with van der Waals surface area (Å²) in [5, 5.41) is 3.52. The standard InChI is InChI=1S/C14H17BrN2O2/c15-8-7-13(18)16-10-11-3-5-12(6-4-11)17-9-1-2-14(17)19/h3-6H,1-2,7-10H2,(H,16,18). The first kappa shape index (κ1) is 14.1. The highest BCUT2D eigenvalue weighted by atomic mass is 79.9. The maximum Gasteiger partial charge on any atom is 0.227 e. The van der Waals surface area contributed by atoms with Crippen molar-refractivity contribution in [1.29, 1.82) is 0 Å². The van der Waals surface area contributed by atoms with Gasteiger partial charge in [-0.25, -0.2) is 0 Å². The van der Waals surface area contributed by atoms with Crippen LogP contribution in [0.3, 0.4) is 0 Å². The van der Waals surface area contributed by atoms with Crippen LogP contribution in [0.1, 0.15) is 24.8 Å². The van der Waals surface area contributed by atoms with E-state index in [0.29, 0.717) is 24.7 Å². The fourth-order valence-electron chi connectivity index (χ4n) is 2.09. The lowest BCUT2D eigenvalue weighted by Gasteiger charge is -2.16. The van der Waals surface area contributed by atoms with Gasteiger partial charge in [-0.2, -0.15) is 0 Å². The topological polar surface area (TPSA) is 49.4 Å². The highest BCUT2D eigenvalue weighted by Crippen LogP contribution is 2.21. The van der Waals surface area contributed by atoms with Gasteiger partial charge in [0.25, 0.3) is 0 Å². The van der Waals surface area contributed by atoms with E-state index in [1.54, 1.807) is 0 Å². The summed E-state index contributed by atoms with van der Waals surface area (Å²) in [4.78, 5) is 24.8.